The van der Waals surface area contributed by atoms with Crippen LogP contribution in [-0.2, 0) is 26.6 Å². The fraction of sp³-hybridized carbons (Fsp3) is 0.703. The van der Waals surface area contributed by atoms with E-state index in [1.165, 1.54) is 71.3 Å². The Hall–Kier alpha value is -1.49. The zero-order valence-electron chi connectivity index (χ0n) is 27.7. The highest BCUT2D eigenvalue weighted by Gasteiger charge is 2.55. The molecule has 1 aromatic carbocycles. The highest BCUT2D eigenvalue weighted by Crippen LogP contribution is 2.62. The number of pyridine rings is 1. The van der Waals surface area contributed by atoms with Crippen LogP contribution in [0.25, 0.3) is 0 Å². The van der Waals surface area contributed by atoms with Gasteiger partial charge in [-0.3, -0.25) is 4.98 Å². The lowest BCUT2D eigenvalue weighted by atomic mass is 9.59. The second-order valence-corrected chi connectivity index (χ2v) is 21.7. The molecule has 2 atom stereocenters. The Bertz CT molecular complexity index is 1300. The van der Waals surface area contributed by atoms with Gasteiger partial charge in [-0.15, -0.1) is 0 Å². The van der Waals surface area contributed by atoms with Crippen molar-refractivity contribution >= 4 is 8.32 Å². The Kier molecular flexibility index (Phi) is 7.04. The molecule has 3 aliphatic carbocycles. The molecular formula is C37H55NO2Si. The lowest BCUT2D eigenvalue weighted by Gasteiger charge is -2.51. The molecule has 1 aliphatic heterocycles. The van der Waals surface area contributed by atoms with Gasteiger partial charge in [0.1, 0.15) is 6.10 Å². The van der Waals surface area contributed by atoms with Gasteiger partial charge in [0, 0.05) is 22.5 Å². The fourth-order valence-electron chi connectivity index (χ4n) is 8.02. The summed E-state index contributed by atoms with van der Waals surface area (Å²) in [7, 11) is -2.00. The molecule has 0 radical (unpaired) electrons. The number of hydrogen-bond donors (Lipinski definition) is 0. The van der Waals surface area contributed by atoms with E-state index in [1.54, 1.807) is 0 Å². The molecule has 2 saturated carbocycles. The van der Waals surface area contributed by atoms with E-state index in [9.17, 15) is 0 Å². The van der Waals surface area contributed by atoms with Gasteiger partial charge >= 0.3 is 0 Å². The fourth-order valence-corrected chi connectivity index (χ4v) is 9.29. The van der Waals surface area contributed by atoms with Crippen molar-refractivity contribution in [3.63, 3.8) is 0 Å². The maximum absolute atomic E-state index is 7.47. The molecule has 3 nitrogen and oxygen atoms in total. The Morgan fingerprint density at radius 2 is 1.54 bits per heavy atom. The van der Waals surface area contributed by atoms with Gasteiger partial charge in [0.25, 0.3) is 0 Å². The van der Waals surface area contributed by atoms with Gasteiger partial charge in [-0.1, -0.05) is 98.9 Å². The molecule has 4 heteroatoms. The number of benzene rings is 1. The van der Waals surface area contributed by atoms with Crippen molar-refractivity contribution in [2.75, 3.05) is 0 Å². The molecule has 2 fully saturated rings. The SMILES string of the molecule is CC(C)c1nc2c(c3c1C(c1ccc(C(C)(C)C)cc1)OC31CCCC1)C(O[Si](C)(C)C(C)(C)C)CC1(CCC1)C2. The predicted octanol–water partition coefficient (Wildman–Crippen LogP) is 10.6. The summed E-state index contributed by atoms with van der Waals surface area (Å²) in [4.78, 5) is 5.65. The zero-order chi connectivity index (χ0) is 29.6. The average molecular weight is 574 g/mol. The van der Waals surface area contributed by atoms with Gasteiger partial charge < -0.3 is 9.16 Å². The maximum atomic E-state index is 7.47. The van der Waals surface area contributed by atoms with Gasteiger partial charge in [0.2, 0.25) is 0 Å². The summed E-state index contributed by atoms with van der Waals surface area (Å²) in [5, 5.41) is 0.171. The normalized spacial score (nSPS) is 25.0. The van der Waals surface area contributed by atoms with Crippen LogP contribution in [-0.4, -0.2) is 13.3 Å². The number of rotatable bonds is 4. The van der Waals surface area contributed by atoms with Crippen molar-refractivity contribution in [1.82, 2.24) is 4.98 Å². The van der Waals surface area contributed by atoms with Gasteiger partial charge in [0.15, 0.2) is 8.32 Å². The summed E-state index contributed by atoms with van der Waals surface area (Å²) in [5.74, 6) is 0.351. The minimum absolute atomic E-state index is 0.0552. The molecule has 1 aromatic heterocycles. The summed E-state index contributed by atoms with van der Waals surface area (Å²) >= 11 is 0. The van der Waals surface area contributed by atoms with E-state index in [2.05, 4.69) is 92.7 Å². The number of aromatic nitrogens is 1. The quantitative estimate of drug-likeness (QED) is 0.341. The first-order chi connectivity index (χ1) is 19.1. The first kappa shape index (κ1) is 29.6. The van der Waals surface area contributed by atoms with Crippen LogP contribution in [0.15, 0.2) is 24.3 Å². The highest BCUT2D eigenvalue weighted by atomic mass is 28.4. The lowest BCUT2D eigenvalue weighted by Crippen LogP contribution is -2.46. The summed E-state index contributed by atoms with van der Waals surface area (Å²) < 4.78 is 14.9. The van der Waals surface area contributed by atoms with Crippen molar-refractivity contribution in [2.24, 2.45) is 5.41 Å². The molecule has 224 valence electrons. The van der Waals surface area contributed by atoms with E-state index in [0.29, 0.717) is 11.3 Å². The Balaban J connectivity index is 1.57. The molecule has 6 rings (SSSR count). The van der Waals surface area contributed by atoms with Crippen molar-refractivity contribution in [3.05, 3.63) is 63.5 Å². The Labute approximate surface area is 251 Å². The summed E-state index contributed by atoms with van der Waals surface area (Å²) in [5.41, 5.74) is 9.91. The van der Waals surface area contributed by atoms with E-state index in [4.69, 9.17) is 14.1 Å². The van der Waals surface area contributed by atoms with E-state index < -0.39 is 8.32 Å². The van der Waals surface area contributed by atoms with E-state index in [1.807, 2.05) is 0 Å². The van der Waals surface area contributed by atoms with Crippen LogP contribution in [0.1, 0.15) is 164 Å². The first-order valence-corrected chi connectivity index (χ1v) is 19.5. The molecule has 2 unspecified atom stereocenters. The van der Waals surface area contributed by atoms with Crippen LogP contribution in [0.2, 0.25) is 18.1 Å². The van der Waals surface area contributed by atoms with Gasteiger partial charge in [0.05, 0.1) is 11.7 Å². The molecule has 4 aliphatic rings. The number of nitrogens with zero attached hydrogens (tertiary/aromatic N) is 1. The molecular weight excluding hydrogens is 518 g/mol. The third-order valence-corrected chi connectivity index (χ3v) is 16.1. The largest absolute Gasteiger partial charge is 0.410 e. The second-order valence-electron chi connectivity index (χ2n) is 17.0. The standard InChI is InChI=1S/C37H55NO2Si/c1-24(2)32-30-31(37(20-11-12-21-37)39-33(30)25-14-16-26(17-15-25)34(3,4)5)29-27(38-32)22-36(18-13-19-36)23-28(29)40-41(9,10)35(6,7)8/h14-17,24,28,33H,11-13,18-23H2,1-10H3. The van der Waals surface area contributed by atoms with E-state index >= 15 is 0 Å². The molecule has 0 bridgehead atoms. The second kappa shape index (κ2) is 9.76. The van der Waals surface area contributed by atoms with Crippen LogP contribution in [0.3, 0.4) is 0 Å². The third kappa shape index (κ3) is 4.88. The van der Waals surface area contributed by atoms with Crippen molar-refractivity contribution in [2.45, 2.75) is 160 Å². The molecule has 0 amide bonds. The molecule has 2 spiro atoms. The molecule has 41 heavy (non-hydrogen) atoms. The van der Waals surface area contributed by atoms with Gasteiger partial charge in [-0.25, -0.2) is 0 Å². The molecule has 2 aromatic rings. The van der Waals surface area contributed by atoms with Gasteiger partial charge in [-0.05, 0) is 90.1 Å². The van der Waals surface area contributed by atoms with Crippen LogP contribution in [0, 0.1) is 5.41 Å². The average Bonchev–Trinajstić information content (AvgIpc) is 3.46. The number of fused-ring (bicyclic) bond motifs is 4. The Morgan fingerprint density at radius 3 is 2.05 bits per heavy atom. The van der Waals surface area contributed by atoms with Crippen LogP contribution < -0.4 is 0 Å². The van der Waals surface area contributed by atoms with E-state index in [-0.39, 0.29) is 28.3 Å². The first-order valence-electron chi connectivity index (χ1n) is 16.6. The number of hydrogen-bond acceptors (Lipinski definition) is 3. The van der Waals surface area contributed by atoms with Gasteiger partial charge in [-0.2, -0.15) is 0 Å². The lowest BCUT2D eigenvalue weighted by molar-refractivity contribution is -0.0584. The minimum Gasteiger partial charge on any atom is -0.410 e. The summed E-state index contributed by atoms with van der Waals surface area (Å²) in [6.07, 6.45) is 11.0. The molecule has 2 heterocycles. The van der Waals surface area contributed by atoms with Crippen molar-refractivity contribution in [3.8, 4) is 0 Å². The third-order valence-electron chi connectivity index (χ3n) is 11.6. The monoisotopic (exact) mass is 573 g/mol. The summed E-state index contributed by atoms with van der Waals surface area (Å²) in [6, 6.07) is 9.31. The van der Waals surface area contributed by atoms with Crippen molar-refractivity contribution in [1.29, 1.82) is 0 Å². The predicted molar refractivity (Wildman–Crippen MR) is 172 cm³/mol. The molecule has 0 saturated heterocycles. The van der Waals surface area contributed by atoms with Crippen LogP contribution >= 0.6 is 0 Å². The highest BCUT2D eigenvalue weighted by molar-refractivity contribution is 6.74. The smallest absolute Gasteiger partial charge is 0.192 e. The maximum Gasteiger partial charge on any atom is 0.192 e. The van der Waals surface area contributed by atoms with Crippen LogP contribution in [0.5, 0.6) is 0 Å². The minimum atomic E-state index is -2.00. The molecule has 0 N–H and O–H groups in total. The topological polar surface area (TPSA) is 31.4 Å². The van der Waals surface area contributed by atoms with E-state index in [0.717, 1.165) is 25.7 Å². The Morgan fingerprint density at radius 1 is 0.902 bits per heavy atom. The van der Waals surface area contributed by atoms with Crippen LogP contribution in [0.4, 0.5) is 0 Å². The number of ether oxygens (including phenoxy) is 1. The van der Waals surface area contributed by atoms with Crippen molar-refractivity contribution < 1.29 is 9.16 Å². The summed E-state index contributed by atoms with van der Waals surface area (Å²) in [6.45, 7) is 23.6. The zero-order valence-corrected chi connectivity index (χ0v) is 28.7.